The summed E-state index contributed by atoms with van der Waals surface area (Å²) < 4.78 is 38.4. The molecule has 0 aliphatic carbocycles. The van der Waals surface area contributed by atoms with Gasteiger partial charge in [-0.2, -0.15) is 13.2 Å². The molecular formula is C15H14ClF3N2O. The number of hydrogen-bond donors (Lipinski definition) is 2. The zero-order valence-corrected chi connectivity index (χ0v) is 12.2. The average Bonchev–Trinajstić information content (AvgIpc) is 2.47. The maximum atomic E-state index is 12.8. The third kappa shape index (κ3) is 4.43. The smallest absolute Gasteiger partial charge is 0.387 e. The molecule has 118 valence electrons. The molecule has 0 radical (unpaired) electrons. The molecule has 2 N–H and O–H groups in total. The maximum Gasteiger partial charge on any atom is 0.418 e. The van der Waals surface area contributed by atoms with Crippen molar-refractivity contribution in [3.8, 4) is 0 Å². The van der Waals surface area contributed by atoms with E-state index in [0.29, 0.717) is 10.6 Å². The van der Waals surface area contributed by atoms with Crippen molar-refractivity contribution in [2.24, 2.45) is 0 Å². The molecule has 0 bridgehead atoms. The topological polar surface area (TPSA) is 45.1 Å². The van der Waals surface area contributed by atoms with Gasteiger partial charge in [0.1, 0.15) is 0 Å². The summed E-state index contributed by atoms with van der Waals surface area (Å²) in [6, 6.07) is 8.84. The lowest BCUT2D eigenvalue weighted by Crippen LogP contribution is -2.23. The van der Waals surface area contributed by atoms with Crippen LogP contribution in [-0.2, 0) is 12.7 Å². The highest BCUT2D eigenvalue weighted by Gasteiger charge is 2.33. The first kappa shape index (κ1) is 16.7. The van der Waals surface area contributed by atoms with Crippen LogP contribution in [0.3, 0.4) is 0 Å². The minimum absolute atomic E-state index is 0.0830. The summed E-state index contributed by atoms with van der Waals surface area (Å²) in [5.41, 5.74) is -0.240. The van der Waals surface area contributed by atoms with Gasteiger partial charge in [-0.3, -0.25) is 4.98 Å². The van der Waals surface area contributed by atoms with Gasteiger partial charge in [0.05, 0.1) is 17.4 Å². The summed E-state index contributed by atoms with van der Waals surface area (Å²) in [5, 5.41) is 13.3. The highest BCUT2D eigenvalue weighted by atomic mass is 35.5. The summed E-state index contributed by atoms with van der Waals surface area (Å²) in [4.78, 5) is 3.74. The Hall–Kier alpha value is -1.63. The number of nitrogens with zero attached hydrogens (tertiary/aromatic N) is 1. The number of nitrogens with one attached hydrogen (secondary N) is 1. The number of halogens is 4. The van der Waals surface area contributed by atoms with Crippen molar-refractivity contribution in [1.82, 2.24) is 10.3 Å². The zero-order valence-electron chi connectivity index (χ0n) is 11.4. The van der Waals surface area contributed by atoms with E-state index in [4.69, 9.17) is 11.6 Å². The van der Waals surface area contributed by atoms with Crippen molar-refractivity contribution in [1.29, 1.82) is 0 Å². The van der Waals surface area contributed by atoms with Crippen LogP contribution in [-0.4, -0.2) is 16.6 Å². The van der Waals surface area contributed by atoms with Crippen LogP contribution in [0.25, 0.3) is 0 Å². The Bertz CT molecular complexity index is 617. The summed E-state index contributed by atoms with van der Waals surface area (Å²) in [7, 11) is 0. The molecule has 0 spiro atoms. The Balaban J connectivity index is 1.95. The zero-order chi connectivity index (χ0) is 16.2. The lowest BCUT2D eigenvalue weighted by molar-refractivity contribution is -0.138. The third-order valence-corrected chi connectivity index (χ3v) is 3.33. The van der Waals surface area contributed by atoms with Crippen LogP contribution < -0.4 is 5.32 Å². The summed E-state index contributed by atoms with van der Waals surface area (Å²) >= 11 is 5.75. The van der Waals surface area contributed by atoms with Crippen LogP contribution in [0.2, 0.25) is 5.02 Å². The van der Waals surface area contributed by atoms with Gasteiger partial charge in [-0.05, 0) is 29.8 Å². The number of alkyl halides is 3. The number of pyridine rings is 1. The van der Waals surface area contributed by atoms with Crippen molar-refractivity contribution in [3.63, 3.8) is 0 Å². The highest BCUT2D eigenvalue weighted by Crippen LogP contribution is 2.30. The van der Waals surface area contributed by atoms with Crippen LogP contribution >= 0.6 is 11.6 Å². The minimum Gasteiger partial charge on any atom is -0.387 e. The Kier molecular flexibility index (Phi) is 5.39. The molecule has 1 atom stereocenters. The molecule has 2 rings (SSSR count). The normalized spacial score (nSPS) is 13.1. The van der Waals surface area contributed by atoms with Gasteiger partial charge in [-0.15, -0.1) is 0 Å². The van der Waals surface area contributed by atoms with Crippen molar-refractivity contribution in [2.45, 2.75) is 18.8 Å². The van der Waals surface area contributed by atoms with E-state index >= 15 is 0 Å². The molecule has 1 aromatic carbocycles. The number of aromatic nitrogens is 1. The van der Waals surface area contributed by atoms with Gasteiger partial charge in [0.2, 0.25) is 0 Å². The molecule has 0 amide bonds. The molecule has 0 saturated carbocycles. The number of benzene rings is 1. The first-order valence-corrected chi connectivity index (χ1v) is 6.91. The van der Waals surface area contributed by atoms with Crippen LogP contribution in [0.4, 0.5) is 13.2 Å². The Labute approximate surface area is 130 Å². The second kappa shape index (κ2) is 7.09. The fourth-order valence-electron chi connectivity index (χ4n) is 1.97. The Morgan fingerprint density at radius 1 is 1.18 bits per heavy atom. The molecular weight excluding hydrogens is 317 g/mol. The largest absolute Gasteiger partial charge is 0.418 e. The standard InChI is InChI=1S/C15H14ClF3N2O/c16-11-5-3-10(4-6-11)14(22)9-20-8-13-12(15(17,18)19)2-1-7-21-13/h1-7,14,20,22H,8-9H2. The molecule has 3 nitrogen and oxygen atoms in total. The van der Waals surface area contributed by atoms with Gasteiger partial charge in [0.25, 0.3) is 0 Å². The van der Waals surface area contributed by atoms with E-state index < -0.39 is 17.8 Å². The van der Waals surface area contributed by atoms with E-state index in [1.165, 1.54) is 12.3 Å². The SMILES string of the molecule is OC(CNCc1ncccc1C(F)(F)F)c1ccc(Cl)cc1. The minimum atomic E-state index is -4.44. The molecule has 0 aliphatic rings. The molecule has 1 unspecified atom stereocenters. The van der Waals surface area contributed by atoms with E-state index in [9.17, 15) is 18.3 Å². The van der Waals surface area contributed by atoms with E-state index in [1.54, 1.807) is 24.3 Å². The molecule has 2 aromatic rings. The predicted molar refractivity (Wildman–Crippen MR) is 77.4 cm³/mol. The summed E-state index contributed by atoms with van der Waals surface area (Å²) in [5.74, 6) is 0. The van der Waals surface area contributed by atoms with Gasteiger partial charge < -0.3 is 10.4 Å². The predicted octanol–water partition coefficient (Wildman–Crippen LogP) is 3.58. The lowest BCUT2D eigenvalue weighted by Gasteiger charge is -2.14. The van der Waals surface area contributed by atoms with Gasteiger partial charge in [-0.1, -0.05) is 23.7 Å². The van der Waals surface area contributed by atoms with Crippen molar-refractivity contribution >= 4 is 11.6 Å². The monoisotopic (exact) mass is 330 g/mol. The molecule has 1 aromatic heterocycles. The second-order valence-electron chi connectivity index (χ2n) is 4.69. The quantitative estimate of drug-likeness (QED) is 0.881. The van der Waals surface area contributed by atoms with Crippen LogP contribution in [0.5, 0.6) is 0 Å². The molecule has 0 fully saturated rings. The molecule has 7 heteroatoms. The van der Waals surface area contributed by atoms with Gasteiger partial charge in [0.15, 0.2) is 0 Å². The summed E-state index contributed by atoms with van der Waals surface area (Å²) in [6.07, 6.45) is -3.97. The number of rotatable bonds is 5. The van der Waals surface area contributed by atoms with Crippen LogP contribution in [0.15, 0.2) is 42.6 Å². The Morgan fingerprint density at radius 3 is 2.50 bits per heavy atom. The van der Waals surface area contributed by atoms with E-state index in [1.807, 2.05) is 0 Å². The number of aliphatic hydroxyl groups is 1. The molecule has 0 aliphatic heterocycles. The maximum absolute atomic E-state index is 12.8. The van der Waals surface area contributed by atoms with Crippen LogP contribution in [0, 0.1) is 0 Å². The van der Waals surface area contributed by atoms with E-state index in [0.717, 1.165) is 6.07 Å². The van der Waals surface area contributed by atoms with Crippen LogP contribution in [0.1, 0.15) is 22.9 Å². The van der Waals surface area contributed by atoms with E-state index in [2.05, 4.69) is 10.3 Å². The van der Waals surface area contributed by atoms with Gasteiger partial charge in [-0.25, -0.2) is 0 Å². The summed E-state index contributed by atoms with van der Waals surface area (Å²) in [6.45, 7) is 0.0236. The average molecular weight is 331 g/mol. The van der Waals surface area contributed by atoms with Crippen molar-refractivity contribution in [3.05, 3.63) is 64.4 Å². The van der Waals surface area contributed by atoms with Gasteiger partial charge >= 0.3 is 6.18 Å². The van der Waals surface area contributed by atoms with Gasteiger partial charge in [0, 0.05) is 24.3 Å². The highest BCUT2D eigenvalue weighted by molar-refractivity contribution is 6.30. The van der Waals surface area contributed by atoms with Crippen molar-refractivity contribution in [2.75, 3.05) is 6.54 Å². The Morgan fingerprint density at radius 2 is 1.86 bits per heavy atom. The first-order chi connectivity index (χ1) is 10.4. The molecule has 0 saturated heterocycles. The fraction of sp³-hybridized carbons (Fsp3) is 0.267. The number of aliphatic hydroxyl groups excluding tert-OH is 1. The second-order valence-corrected chi connectivity index (χ2v) is 5.13. The molecule has 1 heterocycles. The fourth-order valence-corrected chi connectivity index (χ4v) is 2.09. The van der Waals surface area contributed by atoms with Crippen molar-refractivity contribution < 1.29 is 18.3 Å². The van der Waals surface area contributed by atoms with E-state index in [-0.39, 0.29) is 18.8 Å². The number of hydrogen-bond acceptors (Lipinski definition) is 3. The lowest BCUT2D eigenvalue weighted by atomic mass is 10.1. The first-order valence-electron chi connectivity index (χ1n) is 6.53. The molecule has 22 heavy (non-hydrogen) atoms. The third-order valence-electron chi connectivity index (χ3n) is 3.08.